The first-order chi connectivity index (χ1) is 9.00. The number of aryl methyl sites for hydroxylation is 1. The summed E-state index contributed by atoms with van der Waals surface area (Å²) in [5.41, 5.74) is 3.14. The molecular formula is C14H13ClN2O2. The molecule has 0 bridgehead atoms. The highest BCUT2D eigenvalue weighted by Crippen LogP contribution is 2.24. The Morgan fingerprint density at radius 1 is 1.37 bits per heavy atom. The van der Waals surface area contributed by atoms with Crippen molar-refractivity contribution in [2.75, 3.05) is 0 Å². The van der Waals surface area contributed by atoms with Gasteiger partial charge in [0.15, 0.2) is 0 Å². The van der Waals surface area contributed by atoms with Gasteiger partial charge < -0.3 is 5.11 Å². The van der Waals surface area contributed by atoms with Gasteiger partial charge in [-0.15, -0.1) is 0 Å². The molecule has 1 heterocycles. The van der Waals surface area contributed by atoms with Crippen LogP contribution in [0.15, 0.2) is 30.3 Å². The van der Waals surface area contributed by atoms with Gasteiger partial charge in [0.2, 0.25) is 0 Å². The minimum Gasteiger partial charge on any atom is -0.478 e. The average molecular weight is 277 g/mol. The van der Waals surface area contributed by atoms with E-state index in [0.717, 1.165) is 28.7 Å². The second-order valence-electron chi connectivity index (χ2n) is 4.13. The number of para-hydroxylation sites is 1. The van der Waals surface area contributed by atoms with E-state index in [2.05, 4.69) is 5.10 Å². The number of hydrogen-bond donors (Lipinski definition) is 1. The predicted octanol–water partition coefficient (Wildman–Crippen LogP) is 3.24. The summed E-state index contributed by atoms with van der Waals surface area (Å²) >= 11 is 6.13. The van der Waals surface area contributed by atoms with Crippen LogP contribution >= 0.6 is 11.6 Å². The Bertz CT molecular complexity index is 659. The summed E-state index contributed by atoms with van der Waals surface area (Å²) in [5, 5.41) is 13.7. The zero-order chi connectivity index (χ0) is 14.0. The van der Waals surface area contributed by atoms with Crippen LogP contribution in [-0.4, -0.2) is 20.9 Å². The Kier molecular flexibility index (Phi) is 3.71. The van der Waals surface area contributed by atoms with Crippen LogP contribution in [0.5, 0.6) is 0 Å². The SMILES string of the molecule is Cc1nn(-c2ccccc2/C=C/C(=O)O)c(C)c1Cl. The van der Waals surface area contributed by atoms with Gasteiger partial charge in [-0.3, -0.25) is 0 Å². The molecule has 0 aliphatic heterocycles. The monoisotopic (exact) mass is 276 g/mol. The van der Waals surface area contributed by atoms with E-state index >= 15 is 0 Å². The van der Waals surface area contributed by atoms with E-state index in [-0.39, 0.29) is 0 Å². The maximum Gasteiger partial charge on any atom is 0.328 e. The number of nitrogens with zero attached hydrogens (tertiary/aromatic N) is 2. The maximum atomic E-state index is 10.6. The lowest BCUT2D eigenvalue weighted by molar-refractivity contribution is -0.131. The van der Waals surface area contributed by atoms with Gasteiger partial charge in [-0.25, -0.2) is 9.48 Å². The van der Waals surface area contributed by atoms with Crippen molar-refractivity contribution in [2.24, 2.45) is 0 Å². The van der Waals surface area contributed by atoms with E-state index in [1.165, 1.54) is 0 Å². The number of carbonyl (C=O) groups is 1. The van der Waals surface area contributed by atoms with Crippen molar-refractivity contribution >= 4 is 23.6 Å². The highest BCUT2D eigenvalue weighted by molar-refractivity contribution is 6.31. The molecular weight excluding hydrogens is 264 g/mol. The molecule has 5 heteroatoms. The van der Waals surface area contributed by atoms with Crippen molar-refractivity contribution in [3.63, 3.8) is 0 Å². The van der Waals surface area contributed by atoms with Crippen molar-refractivity contribution in [2.45, 2.75) is 13.8 Å². The van der Waals surface area contributed by atoms with Gasteiger partial charge in [-0.05, 0) is 26.0 Å². The van der Waals surface area contributed by atoms with Crippen molar-refractivity contribution in [1.29, 1.82) is 0 Å². The molecule has 1 N–H and O–H groups in total. The molecule has 2 rings (SSSR count). The Morgan fingerprint density at radius 3 is 2.63 bits per heavy atom. The quantitative estimate of drug-likeness (QED) is 0.876. The minimum atomic E-state index is -0.985. The topological polar surface area (TPSA) is 55.1 Å². The van der Waals surface area contributed by atoms with Crippen LogP contribution in [-0.2, 0) is 4.79 Å². The molecule has 0 aliphatic rings. The first-order valence-electron chi connectivity index (χ1n) is 5.73. The lowest BCUT2D eigenvalue weighted by atomic mass is 10.1. The third-order valence-corrected chi connectivity index (χ3v) is 3.32. The number of benzene rings is 1. The first kappa shape index (κ1) is 13.4. The van der Waals surface area contributed by atoms with Gasteiger partial charge in [0, 0.05) is 11.6 Å². The van der Waals surface area contributed by atoms with E-state index < -0.39 is 5.97 Å². The van der Waals surface area contributed by atoms with Crippen LogP contribution in [0.2, 0.25) is 5.02 Å². The summed E-state index contributed by atoms with van der Waals surface area (Å²) < 4.78 is 1.72. The fourth-order valence-corrected chi connectivity index (χ4v) is 1.96. The lowest BCUT2D eigenvalue weighted by Crippen LogP contribution is -2.01. The maximum absolute atomic E-state index is 10.6. The number of halogens is 1. The zero-order valence-electron chi connectivity index (χ0n) is 10.6. The van der Waals surface area contributed by atoms with Crippen LogP contribution < -0.4 is 0 Å². The molecule has 2 aromatic rings. The summed E-state index contributed by atoms with van der Waals surface area (Å²) in [5.74, 6) is -0.985. The van der Waals surface area contributed by atoms with Crippen molar-refractivity contribution < 1.29 is 9.90 Å². The Morgan fingerprint density at radius 2 is 2.05 bits per heavy atom. The molecule has 0 saturated carbocycles. The van der Waals surface area contributed by atoms with Gasteiger partial charge in [-0.2, -0.15) is 5.10 Å². The van der Waals surface area contributed by atoms with Crippen LogP contribution in [0.1, 0.15) is 17.0 Å². The molecule has 98 valence electrons. The normalized spacial score (nSPS) is 11.1. The molecule has 0 saturated heterocycles. The van der Waals surface area contributed by atoms with Crippen molar-refractivity contribution in [3.05, 3.63) is 52.3 Å². The van der Waals surface area contributed by atoms with E-state index in [1.54, 1.807) is 10.8 Å². The van der Waals surface area contributed by atoms with Gasteiger partial charge in [0.05, 0.1) is 22.1 Å². The molecule has 0 radical (unpaired) electrons. The van der Waals surface area contributed by atoms with Gasteiger partial charge >= 0.3 is 5.97 Å². The number of hydrogen-bond acceptors (Lipinski definition) is 2. The van der Waals surface area contributed by atoms with Crippen molar-refractivity contribution in [3.8, 4) is 5.69 Å². The van der Waals surface area contributed by atoms with Gasteiger partial charge in [-0.1, -0.05) is 29.8 Å². The van der Waals surface area contributed by atoms with E-state index in [9.17, 15) is 4.79 Å². The molecule has 19 heavy (non-hydrogen) atoms. The lowest BCUT2D eigenvalue weighted by Gasteiger charge is -2.08. The highest BCUT2D eigenvalue weighted by atomic mass is 35.5. The number of rotatable bonds is 3. The van der Waals surface area contributed by atoms with Crippen LogP contribution in [0.3, 0.4) is 0 Å². The van der Waals surface area contributed by atoms with Crippen LogP contribution in [0, 0.1) is 13.8 Å². The molecule has 1 aromatic carbocycles. The second-order valence-corrected chi connectivity index (χ2v) is 4.50. The third kappa shape index (κ3) is 2.69. The summed E-state index contributed by atoms with van der Waals surface area (Å²) in [6, 6.07) is 7.42. The van der Waals surface area contributed by atoms with Gasteiger partial charge in [0.25, 0.3) is 0 Å². The van der Waals surface area contributed by atoms with Crippen LogP contribution in [0.4, 0.5) is 0 Å². The molecule has 0 fully saturated rings. The summed E-state index contributed by atoms with van der Waals surface area (Å²) in [6.45, 7) is 3.71. The summed E-state index contributed by atoms with van der Waals surface area (Å²) in [7, 11) is 0. The summed E-state index contributed by atoms with van der Waals surface area (Å²) in [6.07, 6.45) is 2.65. The fourth-order valence-electron chi connectivity index (χ4n) is 1.84. The number of aliphatic carboxylic acids is 1. The minimum absolute atomic E-state index is 0.622. The van der Waals surface area contributed by atoms with Crippen molar-refractivity contribution in [1.82, 2.24) is 9.78 Å². The predicted molar refractivity (Wildman–Crippen MR) is 74.7 cm³/mol. The summed E-state index contributed by atoms with van der Waals surface area (Å²) in [4.78, 5) is 10.6. The van der Waals surface area contributed by atoms with Gasteiger partial charge in [0.1, 0.15) is 0 Å². The molecule has 0 spiro atoms. The molecule has 0 amide bonds. The Balaban J connectivity index is 2.56. The molecule has 4 nitrogen and oxygen atoms in total. The zero-order valence-corrected chi connectivity index (χ0v) is 11.3. The smallest absolute Gasteiger partial charge is 0.328 e. The molecule has 0 aliphatic carbocycles. The second kappa shape index (κ2) is 5.28. The highest BCUT2D eigenvalue weighted by Gasteiger charge is 2.12. The standard InChI is InChI=1S/C14H13ClN2O2/c1-9-14(15)10(2)17(16-9)12-6-4-3-5-11(12)7-8-13(18)19/h3-8H,1-2H3,(H,18,19)/b8-7+. The van der Waals surface area contributed by atoms with E-state index in [4.69, 9.17) is 16.7 Å². The number of aromatic nitrogens is 2. The Hall–Kier alpha value is -2.07. The average Bonchev–Trinajstić information content (AvgIpc) is 2.64. The molecule has 1 aromatic heterocycles. The van der Waals surface area contributed by atoms with E-state index in [0.29, 0.717) is 5.02 Å². The first-order valence-corrected chi connectivity index (χ1v) is 6.10. The molecule has 0 atom stereocenters. The number of carboxylic acid groups (broad SMARTS) is 1. The van der Waals surface area contributed by atoms with E-state index in [1.807, 2.05) is 38.1 Å². The largest absolute Gasteiger partial charge is 0.478 e. The third-order valence-electron chi connectivity index (χ3n) is 2.77. The Labute approximate surface area is 115 Å². The van der Waals surface area contributed by atoms with Crippen LogP contribution in [0.25, 0.3) is 11.8 Å². The molecule has 0 unspecified atom stereocenters. The number of carboxylic acids is 1. The fraction of sp³-hybridized carbons (Fsp3) is 0.143.